The highest BCUT2D eigenvalue weighted by molar-refractivity contribution is 7.12. The van der Waals surface area contributed by atoms with Crippen LogP contribution in [0.4, 0.5) is 0 Å². The highest BCUT2D eigenvalue weighted by Gasteiger charge is 2.22. The molecule has 3 N–H and O–H groups in total. The number of hydrogen-bond donors (Lipinski definition) is 2. The summed E-state index contributed by atoms with van der Waals surface area (Å²) < 4.78 is 5.75. The number of para-hydroxylation sites is 1. The molecule has 0 fully saturated rings. The third-order valence-corrected chi connectivity index (χ3v) is 5.30. The van der Waals surface area contributed by atoms with E-state index in [1.54, 1.807) is 0 Å². The van der Waals surface area contributed by atoms with Crippen molar-refractivity contribution in [2.24, 2.45) is 5.84 Å². The predicted octanol–water partition coefficient (Wildman–Crippen LogP) is 3.58. The van der Waals surface area contributed by atoms with Crippen LogP contribution in [0, 0.1) is 0 Å². The average molecular weight is 302 g/mol. The van der Waals surface area contributed by atoms with Gasteiger partial charge in [0.2, 0.25) is 0 Å². The number of aryl methyl sites for hydroxylation is 2. The molecule has 1 aromatic heterocycles. The highest BCUT2D eigenvalue weighted by atomic mass is 32.1. The number of nitrogens with one attached hydrogen (secondary N) is 1. The zero-order chi connectivity index (χ0) is 14.7. The Morgan fingerprint density at radius 1 is 1.29 bits per heavy atom. The van der Waals surface area contributed by atoms with E-state index in [1.807, 2.05) is 36.5 Å². The highest BCUT2D eigenvalue weighted by Crippen LogP contribution is 2.37. The summed E-state index contributed by atoms with van der Waals surface area (Å²) in [4.78, 5) is 2.82. The first kappa shape index (κ1) is 14.6. The second kappa shape index (κ2) is 6.60. The van der Waals surface area contributed by atoms with E-state index in [-0.39, 0.29) is 6.04 Å². The van der Waals surface area contributed by atoms with Crippen molar-refractivity contribution in [3.8, 4) is 5.75 Å². The minimum atomic E-state index is 0.00310. The van der Waals surface area contributed by atoms with E-state index < -0.39 is 0 Å². The lowest BCUT2D eigenvalue weighted by molar-refractivity contribution is 0.334. The van der Waals surface area contributed by atoms with Gasteiger partial charge in [-0.1, -0.05) is 18.2 Å². The van der Waals surface area contributed by atoms with Crippen molar-refractivity contribution >= 4 is 11.3 Å². The predicted molar refractivity (Wildman–Crippen MR) is 87.7 cm³/mol. The molecule has 0 amide bonds. The van der Waals surface area contributed by atoms with E-state index in [4.69, 9.17) is 10.6 Å². The number of thiophene rings is 1. The first-order valence-electron chi connectivity index (χ1n) is 7.62. The van der Waals surface area contributed by atoms with Crippen LogP contribution in [0.2, 0.25) is 0 Å². The Balaban J connectivity index is 1.96. The molecule has 112 valence electrons. The van der Waals surface area contributed by atoms with Gasteiger partial charge in [0.25, 0.3) is 0 Å². The molecule has 0 aliphatic heterocycles. The van der Waals surface area contributed by atoms with E-state index in [9.17, 15) is 0 Å². The van der Waals surface area contributed by atoms with E-state index in [0.29, 0.717) is 6.61 Å². The third-order valence-electron chi connectivity index (χ3n) is 4.00. The number of hydrazine groups is 1. The molecule has 3 rings (SSSR count). The minimum absolute atomic E-state index is 0.00310. The van der Waals surface area contributed by atoms with Crippen molar-refractivity contribution in [3.05, 3.63) is 51.2 Å². The lowest BCUT2D eigenvalue weighted by Gasteiger charge is -2.18. The molecule has 0 bridgehead atoms. The topological polar surface area (TPSA) is 47.3 Å². The normalized spacial score (nSPS) is 15.5. The van der Waals surface area contributed by atoms with Crippen LogP contribution in [0.15, 0.2) is 30.3 Å². The van der Waals surface area contributed by atoms with Crippen LogP contribution >= 0.6 is 11.3 Å². The average Bonchev–Trinajstić information content (AvgIpc) is 2.93. The van der Waals surface area contributed by atoms with Crippen LogP contribution in [0.3, 0.4) is 0 Å². The fraction of sp³-hybridized carbons (Fsp3) is 0.412. The van der Waals surface area contributed by atoms with Gasteiger partial charge in [0.1, 0.15) is 5.75 Å². The summed E-state index contributed by atoms with van der Waals surface area (Å²) in [6.07, 6.45) is 5.03. The Morgan fingerprint density at radius 3 is 2.86 bits per heavy atom. The Morgan fingerprint density at radius 2 is 2.10 bits per heavy atom. The molecule has 1 aromatic carbocycles. The van der Waals surface area contributed by atoms with E-state index >= 15 is 0 Å². The molecule has 1 aliphatic rings. The molecule has 1 aliphatic carbocycles. The van der Waals surface area contributed by atoms with E-state index in [2.05, 4.69) is 17.6 Å². The quantitative estimate of drug-likeness (QED) is 0.655. The van der Waals surface area contributed by atoms with Gasteiger partial charge in [-0.05, 0) is 50.3 Å². The van der Waals surface area contributed by atoms with Crippen LogP contribution < -0.4 is 16.0 Å². The molecule has 0 saturated carbocycles. The van der Waals surface area contributed by atoms with Crippen molar-refractivity contribution in [1.82, 2.24) is 5.43 Å². The van der Waals surface area contributed by atoms with Crippen LogP contribution in [0.25, 0.3) is 0 Å². The SMILES string of the molecule is CCOc1ccccc1C(NN)c1cc2c(s1)CCCC2. The van der Waals surface area contributed by atoms with Crippen molar-refractivity contribution in [3.63, 3.8) is 0 Å². The van der Waals surface area contributed by atoms with Gasteiger partial charge < -0.3 is 4.74 Å². The largest absolute Gasteiger partial charge is 0.494 e. The van der Waals surface area contributed by atoms with Gasteiger partial charge in [0, 0.05) is 15.3 Å². The first-order chi connectivity index (χ1) is 10.3. The summed E-state index contributed by atoms with van der Waals surface area (Å²) in [7, 11) is 0. The molecule has 0 saturated heterocycles. The molecule has 3 nitrogen and oxygen atoms in total. The lowest BCUT2D eigenvalue weighted by Crippen LogP contribution is -2.28. The standard InChI is InChI=1S/C17H22N2OS/c1-2-20-14-9-5-4-8-13(14)17(19-18)16-11-12-7-3-6-10-15(12)21-16/h4-5,8-9,11,17,19H,2-3,6-7,10,18H2,1H3. The monoisotopic (exact) mass is 302 g/mol. The second-order valence-electron chi connectivity index (χ2n) is 5.37. The maximum atomic E-state index is 5.86. The molecule has 1 heterocycles. The summed E-state index contributed by atoms with van der Waals surface area (Å²) in [5.74, 6) is 6.77. The smallest absolute Gasteiger partial charge is 0.124 e. The van der Waals surface area contributed by atoms with Crippen molar-refractivity contribution in [2.45, 2.75) is 38.6 Å². The van der Waals surface area contributed by atoms with Crippen molar-refractivity contribution in [1.29, 1.82) is 0 Å². The fourth-order valence-corrected chi connectivity index (χ4v) is 4.32. The van der Waals surface area contributed by atoms with Crippen LogP contribution in [0.1, 0.15) is 46.7 Å². The van der Waals surface area contributed by atoms with E-state index in [0.717, 1.165) is 11.3 Å². The summed E-state index contributed by atoms with van der Waals surface area (Å²) in [5, 5.41) is 0. The number of hydrogen-bond acceptors (Lipinski definition) is 4. The molecule has 0 spiro atoms. The van der Waals surface area contributed by atoms with E-state index in [1.165, 1.54) is 41.0 Å². The molecule has 1 atom stereocenters. The molecule has 4 heteroatoms. The fourth-order valence-electron chi connectivity index (χ4n) is 2.99. The maximum absolute atomic E-state index is 5.86. The van der Waals surface area contributed by atoms with Gasteiger partial charge in [-0.15, -0.1) is 11.3 Å². The number of nitrogens with two attached hydrogens (primary N) is 1. The molecule has 0 radical (unpaired) electrons. The summed E-state index contributed by atoms with van der Waals surface area (Å²) in [6, 6.07) is 10.5. The van der Waals surface area contributed by atoms with Gasteiger partial charge in [0.05, 0.1) is 12.6 Å². The van der Waals surface area contributed by atoms with Crippen molar-refractivity contribution in [2.75, 3.05) is 6.61 Å². The van der Waals surface area contributed by atoms with Gasteiger partial charge >= 0.3 is 0 Å². The van der Waals surface area contributed by atoms with Gasteiger partial charge in [0.15, 0.2) is 0 Å². The summed E-state index contributed by atoms with van der Waals surface area (Å²) in [5.41, 5.74) is 5.59. The molecular formula is C17H22N2OS. The number of ether oxygens (including phenoxy) is 1. The first-order valence-corrected chi connectivity index (χ1v) is 8.44. The number of rotatable bonds is 5. The Hall–Kier alpha value is -1.36. The number of fused-ring (bicyclic) bond motifs is 1. The molecule has 21 heavy (non-hydrogen) atoms. The zero-order valence-electron chi connectivity index (χ0n) is 12.4. The second-order valence-corrected chi connectivity index (χ2v) is 6.54. The van der Waals surface area contributed by atoms with Gasteiger partial charge in [-0.25, -0.2) is 5.43 Å². The minimum Gasteiger partial charge on any atom is -0.494 e. The lowest BCUT2D eigenvalue weighted by atomic mass is 9.97. The van der Waals surface area contributed by atoms with Gasteiger partial charge in [-0.3, -0.25) is 5.84 Å². The third kappa shape index (κ3) is 2.98. The van der Waals surface area contributed by atoms with Crippen molar-refractivity contribution < 1.29 is 4.74 Å². The number of benzene rings is 1. The Labute approximate surface area is 130 Å². The zero-order valence-corrected chi connectivity index (χ0v) is 13.2. The Kier molecular flexibility index (Phi) is 4.58. The summed E-state index contributed by atoms with van der Waals surface area (Å²) in [6.45, 7) is 2.67. The van der Waals surface area contributed by atoms with Crippen LogP contribution in [-0.4, -0.2) is 6.61 Å². The molecular weight excluding hydrogens is 280 g/mol. The maximum Gasteiger partial charge on any atom is 0.124 e. The Bertz CT molecular complexity index is 585. The molecule has 2 aromatic rings. The van der Waals surface area contributed by atoms with Crippen LogP contribution in [-0.2, 0) is 12.8 Å². The summed E-state index contributed by atoms with van der Waals surface area (Å²) >= 11 is 1.89. The van der Waals surface area contributed by atoms with Gasteiger partial charge in [-0.2, -0.15) is 0 Å². The van der Waals surface area contributed by atoms with Crippen LogP contribution in [0.5, 0.6) is 5.75 Å². The molecule has 1 unspecified atom stereocenters.